The van der Waals surface area contributed by atoms with Crippen LogP contribution in [0.25, 0.3) is 0 Å². The number of nitrogens with zero attached hydrogens (tertiary/aromatic N) is 2. The number of hydrogen-bond donors (Lipinski definition) is 2. The van der Waals surface area contributed by atoms with Crippen LogP contribution in [0.15, 0.2) is 29.2 Å². The molecule has 1 heterocycles. The molecule has 2 aromatic rings. The minimum Gasteiger partial charge on any atom is -0.399 e. The van der Waals surface area contributed by atoms with Gasteiger partial charge in [0.1, 0.15) is 11.0 Å². The van der Waals surface area contributed by atoms with E-state index in [-0.39, 0.29) is 21.2 Å². The SMILES string of the molecule is Cc1cc(N)cc(S(=O)(=O)Nc2cc(Cl)nc(Cl)n2)c1. The van der Waals surface area contributed by atoms with Crippen LogP contribution in [0.4, 0.5) is 11.5 Å². The highest BCUT2D eigenvalue weighted by molar-refractivity contribution is 7.92. The zero-order chi connectivity index (χ0) is 14.9. The molecule has 3 N–H and O–H groups in total. The number of rotatable bonds is 3. The van der Waals surface area contributed by atoms with Crippen molar-refractivity contribution in [3.8, 4) is 0 Å². The molecule has 0 atom stereocenters. The van der Waals surface area contributed by atoms with Crippen molar-refractivity contribution in [2.45, 2.75) is 11.8 Å². The molecule has 0 spiro atoms. The van der Waals surface area contributed by atoms with Gasteiger partial charge in [0.05, 0.1) is 4.90 Å². The lowest BCUT2D eigenvalue weighted by atomic mass is 10.2. The first kappa shape index (κ1) is 14.8. The Morgan fingerprint density at radius 3 is 2.45 bits per heavy atom. The van der Waals surface area contributed by atoms with Gasteiger partial charge in [-0.1, -0.05) is 11.6 Å². The van der Waals surface area contributed by atoms with Gasteiger partial charge < -0.3 is 5.73 Å². The van der Waals surface area contributed by atoms with Crippen LogP contribution in [0.5, 0.6) is 0 Å². The van der Waals surface area contributed by atoms with E-state index in [2.05, 4.69) is 14.7 Å². The summed E-state index contributed by atoms with van der Waals surface area (Å²) in [7, 11) is -3.83. The Labute approximate surface area is 126 Å². The van der Waals surface area contributed by atoms with E-state index < -0.39 is 10.0 Å². The minimum atomic E-state index is -3.83. The molecule has 0 aliphatic carbocycles. The lowest BCUT2D eigenvalue weighted by molar-refractivity contribution is 0.601. The predicted molar refractivity (Wildman–Crippen MR) is 78.5 cm³/mol. The number of aryl methyl sites for hydroxylation is 1. The summed E-state index contributed by atoms with van der Waals surface area (Å²) in [6.45, 7) is 1.74. The summed E-state index contributed by atoms with van der Waals surface area (Å²) in [6.07, 6.45) is 0. The first-order valence-corrected chi connectivity index (χ1v) is 7.60. The zero-order valence-corrected chi connectivity index (χ0v) is 12.6. The van der Waals surface area contributed by atoms with Crippen molar-refractivity contribution in [3.63, 3.8) is 0 Å². The molecule has 1 aromatic carbocycles. The van der Waals surface area contributed by atoms with Crippen LogP contribution < -0.4 is 10.5 Å². The van der Waals surface area contributed by atoms with E-state index in [0.717, 1.165) is 5.56 Å². The molecule has 0 unspecified atom stereocenters. The van der Waals surface area contributed by atoms with Crippen molar-refractivity contribution < 1.29 is 8.42 Å². The number of aromatic nitrogens is 2. The number of sulfonamides is 1. The van der Waals surface area contributed by atoms with Crippen molar-refractivity contribution in [2.75, 3.05) is 10.5 Å². The Balaban J connectivity index is 2.40. The smallest absolute Gasteiger partial charge is 0.263 e. The molecular formula is C11H10Cl2N4O2S. The fraction of sp³-hybridized carbons (Fsp3) is 0.0909. The first-order chi connectivity index (χ1) is 9.26. The molecule has 0 radical (unpaired) electrons. The number of benzene rings is 1. The van der Waals surface area contributed by atoms with Crippen molar-refractivity contribution in [2.24, 2.45) is 0 Å². The van der Waals surface area contributed by atoms with E-state index in [4.69, 9.17) is 28.9 Å². The zero-order valence-electron chi connectivity index (χ0n) is 10.3. The summed E-state index contributed by atoms with van der Waals surface area (Å²) >= 11 is 11.3. The Morgan fingerprint density at radius 2 is 1.85 bits per heavy atom. The van der Waals surface area contributed by atoms with Crippen LogP contribution in [0.1, 0.15) is 5.56 Å². The van der Waals surface area contributed by atoms with Gasteiger partial charge in [0.2, 0.25) is 5.28 Å². The summed E-state index contributed by atoms with van der Waals surface area (Å²) < 4.78 is 26.7. The summed E-state index contributed by atoms with van der Waals surface area (Å²) in [6, 6.07) is 5.75. The van der Waals surface area contributed by atoms with Gasteiger partial charge in [-0.15, -0.1) is 0 Å². The molecule has 0 amide bonds. The summed E-state index contributed by atoms with van der Waals surface area (Å²) in [5.41, 5.74) is 6.71. The predicted octanol–water partition coefficient (Wildman–Crippen LogP) is 2.47. The quantitative estimate of drug-likeness (QED) is 0.511. The van der Waals surface area contributed by atoms with E-state index in [0.29, 0.717) is 5.69 Å². The highest BCUT2D eigenvalue weighted by Gasteiger charge is 2.16. The van der Waals surface area contributed by atoms with E-state index >= 15 is 0 Å². The molecule has 0 saturated heterocycles. The average Bonchev–Trinajstić information content (AvgIpc) is 2.25. The Kier molecular flexibility index (Phi) is 4.03. The second-order valence-electron chi connectivity index (χ2n) is 4.03. The lowest BCUT2D eigenvalue weighted by Gasteiger charge is -2.09. The molecule has 2 rings (SSSR count). The third kappa shape index (κ3) is 3.50. The molecule has 6 nitrogen and oxygen atoms in total. The first-order valence-electron chi connectivity index (χ1n) is 5.36. The van der Waals surface area contributed by atoms with E-state index in [1.165, 1.54) is 18.2 Å². The Hall–Kier alpha value is -1.57. The molecule has 0 fully saturated rings. The number of halogens is 2. The Morgan fingerprint density at radius 1 is 1.15 bits per heavy atom. The number of nitrogens with two attached hydrogens (primary N) is 1. The molecule has 0 aliphatic heterocycles. The van der Waals surface area contributed by atoms with Gasteiger partial charge in [-0.05, 0) is 42.3 Å². The maximum Gasteiger partial charge on any atom is 0.263 e. The maximum absolute atomic E-state index is 12.2. The van der Waals surface area contributed by atoms with Gasteiger partial charge in [-0.3, -0.25) is 4.72 Å². The maximum atomic E-state index is 12.2. The standard InChI is InChI=1S/C11H10Cl2N4O2S/c1-6-2-7(14)4-8(3-6)20(18,19)17-10-5-9(12)15-11(13)16-10/h2-5H,14H2,1H3,(H,15,16,17). The normalized spacial score (nSPS) is 11.3. The number of nitrogens with one attached hydrogen (secondary N) is 1. The third-order valence-electron chi connectivity index (χ3n) is 2.29. The second-order valence-corrected chi connectivity index (χ2v) is 6.44. The third-order valence-corrected chi connectivity index (χ3v) is 3.99. The number of hydrogen-bond acceptors (Lipinski definition) is 5. The van der Waals surface area contributed by atoms with Crippen LogP contribution in [0.2, 0.25) is 10.4 Å². The van der Waals surface area contributed by atoms with Gasteiger partial charge in [0.15, 0.2) is 0 Å². The molecule has 0 saturated carbocycles. The molecule has 106 valence electrons. The topological polar surface area (TPSA) is 98.0 Å². The fourth-order valence-corrected chi connectivity index (χ4v) is 3.11. The van der Waals surface area contributed by atoms with Gasteiger partial charge in [0, 0.05) is 11.8 Å². The van der Waals surface area contributed by atoms with Crippen molar-refractivity contribution >= 4 is 44.7 Å². The van der Waals surface area contributed by atoms with E-state index in [9.17, 15) is 8.42 Å². The van der Waals surface area contributed by atoms with Crippen molar-refractivity contribution in [1.82, 2.24) is 9.97 Å². The summed E-state index contributed by atoms with van der Waals surface area (Å²) in [4.78, 5) is 7.40. The second kappa shape index (κ2) is 5.43. The number of nitrogen functional groups attached to an aromatic ring is 1. The molecule has 9 heteroatoms. The van der Waals surface area contributed by atoms with Crippen LogP contribution in [0.3, 0.4) is 0 Å². The monoisotopic (exact) mass is 332 g/mol. The van der Waals surface area contributed by atoms with E-state index in [1.54, 1.807) is 13.0 Å². The van der Waals surface area contributed by atoms with E-state index in [1.807, 2.05) is 0 Å². The van der Waals surface area contributed by atoms with Crippen LogP contribution >= 0.6 is 23.2 Å². The highest BCUT2D eigenvalue weighted by Crippen LogP contribution is 2.21. The molecule has 0 aliphatic rings. The molecular weight excluding hydrogens is 323 g/mol. The Bertz CT molecular complexity index is 725. The van der Waals surface area contributed by atoms with Crippen LogP contribution in [-0.4, -0.2) is 18.4 Å². The average molecular weight is 333 g/mol. The van der Waals surface area contributed by atoms with Gasteiger partial charge >= 0.3 is 0 Å². The van der Waals surface area contributed by atoms with Gasteiger partial charge in [0.25, 0.3) is 10.0 Å². The fourth-order valence-electron chi connectivity index (χ4n) is 1.57. The number of anilines is 2. The lowest BCUT2D eigenvalue weighted by Crippen LogP contribution is -2.14. The van der Waals surface area contributed by atoms with Gasteiger partial charge in [-0.2, -0.15) is 4.98 Å². The molecule has 20 heavy (non-hydrogen) atoms. The summed E-state index contributed by atoms with van der Waals surface area (Å²) in [5.74, 6) is -0.0184. The largest absolute Gasteiger partial charge is 0.399 e. The van der Waals surface area contributed by atoms with Crippen molar-refractivity contribution in [3.05, 3.63) is 40.3 Å². The summed E-state index contributed by atoms with van der Waals surface area (Å²) in [5, 5.41) is -0.120. The van der Waals surface area contributed by atoms with Crippen LogP contribution in [0, 0.1) is 6.92 Å². The van der Waals surface area contributed by atoms with Gasteiger partial charge in [-0.25, -0.2) is 13.4 Å². The minimum absolute atomic E-state index is 0.0184. The molecule has 1 aromatic heterocycles. The highest BCUT2D eigenvalue weighted by atomic mass is 35.5. The molecule has 0 bridgehead atoms. The van der Waals surface area contributed by atoms with Crippen molar-refractivity contribution in [1.29, 1.82) is 0 Å². The van der Waals surface area contributed by atoms with Crippen LogP contribution in [-0.2, 0) is 10.0 Å².